The van der Waals surface area contributed by atoms with Gasteiger partial charge >= 0.3 is 0 Å². The first-order valence-corrected chi connectivity index (χ1v) is 4.47. The molecular weight excluding hydrogens is 176 g/mol. The lowest BCUT2D eigenvalue weighted by atomic mass is 10.2. The van der Waals surface area contributed by atoms with E-state index >= 15 is 0 Å². The maximum atomic E-state index is 5.47. The van der Waals surface area contributed by atoms with E-state index < -0.39 is 0 Å². The molecule has 74 valence electrons. The Kier molecular flexibility index (Phi) is 4.20. The highest BCUT2D eigenvalue weighted by Crippen LogP contribution is 1.92. The van der Waals surface area contributed by atoms with Crippen LogP contribution in [0.5, 0.6) is 0 Å². The van der Waals surface area contributed by atoms with Crippen LogP contribution in [0.25, 0.3) is 0 Å². The summed E-state index contributed by atoms with van der Waals surface area (Å²) in [6.07, 6.45) is 1.69. The average molecular weight is 190 g/mol. The van der Waals surface area contributed by atoms with Gasteiger partial charge in [-0.1, -0.05) is 30.3 Å². The summed E-state index contributed by atoms with van der Waals surface area (Å²) in [5.41, 5.74) is 9.12. The normalized spacial score (nSPS) is 11.9. The number of hydrogen-bond donors (Lipinski definition) is 2. The minimum Gasteiger partial charge on any atom is -0.369 e. The number of nitrogens with two attached hydrogens (primary N) is 1. The highest BCUT2D eigenvalue weighted by molar-refractivity contribution is 5.82. The Morgan fingerprint density at radius 1 is 1.43 bits per heavy atom. The average Bonchev–Trinajstić information content (AvgIpc) is 2.20. The lowest BCUT2D eigenvalue weighted by Gasteiger charge is -1.96. The molecule has 0 spiro atoms. The molecule has 0 atom stereocenters. The molecule has 0 aromatic heterocycles. The van der Waals surface area contributed by atoms with E-state index in [1.54, 1.807) is 6.21 Å². The smallest absolute Gasteiger partial charge is 0.209 e. The van der Waals surface area contributed by atoms with E-state index in [-0.39, 0.29) is 0 Å². The Bertz CT molecular complexity index is 316. The zero-order valence-electron chi connectivity index (χ0n) is 8.14. The summed E-state index contributed by atoms with van der Waals surface area (Å²) in [6.45, 7) is 2.56. The van der Waals surface area contributed by atoms with E-state index in [4.69, 9.17) is 5.73 Å². The second-order valence-corrected chi connectivity index (χ2v) is 2.64. The van der Waals surface area contributed by atoms with Crippen molar-refractivity contribution in [3.8, 4) is 0 Å². The van der Waals surface area contributed by atoms with Gasteiger partial charge in [-0.15, -0.1) is 0 Å². The molecule has 0 saturated heterocycles. The third-order valence-electron chi connectivity index (χ3n) is 1.52. The predicted molar refractivity (Wildman–Crippen MR) is 59.3 cm³/mol. The first-order valence-electron chi connectivity index (χ1n) is 4.47. The molecule has 4 nitrogen and oxygen atoms in total. The van der Waals surface area contributed by atoms with Crippen LogP contribution in [-0.4, -0.2) is 18.7 Å². The van der Waals surface area contributed by atoms with Crippen molar-refractivity contribution in [2.75, 3.05) is 6.54 Å². The fourth-order valence-corrected chi connectivity index (χ4v) is 0.918. The highest BCUT2D eigenvalue weighted by Gasteiger charge is 1.85. The fraction of sp³-hybridized carbons (Fsp3) is 0.200. The van der Waals surface area contributed by atoms with Crippen molar-refractivity contribution >= 4 is 12.2 Å². The summed E-state index contributed by atoms with van der Waals surface area (Å²) in [5.74, 6) is 0.333. The van der Waals surface area contributed by atoms with Gasteiger partial charge in [-0.25, -0.2) is 5.43 Å². The minimum atomic E-state index is 0.333. The van der Waals surface area contributed by atoms with Crippen molar-refractivity contribution in [3.05, 3.63) is 35.9 Å². The van der Waals surface area contributed by atoms with Gasteiger partial charge in [0, 0.05) is 6.54 Å². The van der Waals surface area contributed by atoms with E-state index in [1.165, 1.54) is 0 Å². The van der Waals surface area contributed by atoms with Gasteiger partial charge in [0.2, 0.25) is 5.96 Å². The topological polar surface area (TPSA) is 62.8 Å². The van der Waals surface area contributed by atoms with Gasteiger partial charge in [0.1, 0.15) is 0 Å². The lowest BCUT2D eigenvalue weighted by Crippen LogP contribution is -2.27. The SMILES string of the molecule is CCN=C(N)N/N=C/c1ccccc1. The summed E-state index contributed by atoms with van der Waals surface area (Å²) < 4.78 is 0. The molecule has 0 saturated carbocycles. The summed E-state index contributed by atoms with van der Waals surface area (Å²) in [5, 5.41) is 3.93. The van der Waals surface area contributed by atoms with E-state index in [2.05, 4.69) is 15.5 Å². The molecule has 14 heavy (non-hydrogen) atoms. The fourth-order valence-electron chi connectivity index (χ4n) is 0.918. The van der Waals surface area contributed by atoms with Gasteiger partial charge in [-0.2, -0.15) is 5.10 Å². The minimum absolute atomic E-state index is 0.333. The quantitative estimate of drug-likeness (QED) is 0.423. The Labute approximate surface area is 83.5 Å². The van der Waals surface area contributed by atoms with E-state index in [1.807, 2.05) is 37.3 Å². The van der Waals surface area contributed by atoms with Crippen LogP contribution in [-0.2, 0) is 0 Å². The third kappa shape index (κ3) is 3.71. The van der Waals surface area contributed by atoms with Crippen LogP contribution < -0.4 is 11.2 Å². The van der Waals surface area contributed by atoms with Crippen LogP contribution in [0.15, 0.2) is 40.4 Å². The number of hydrazone groups is 1. The van der Waals surface area contributed by atoms with Crippen molar-refractivity contribution in [1.82, 2.24) is 5.43 Å². The van der Waals surface area contributed by atoms with Gasteiger partial charge in [0.25, 0.3) is 0 Å². The number of rotatable bonds is 3. The molecule has 0 fully saturated rings. The maximum absolute atomic E-state index is 5.47. The van der Waals surface area contributed by atoms with E-state index in [0.29, 0.717) is 12.5 Å². The Morgan fingerprint density at radius 3 is 2.79 bits per heavy atom. The van der Waals surface area contributed by atoms with Gasteiger partial charge in [-0.05, 0) is 12.5 Å². The first kappa shape index (κ1) is 10.2. The molecule has 0 aliphatic rings. The summed E-state index contributed by atoms with van der Waals surface area (Å²) >= 11 is 0. The molecule has 0 aliphatic carbocycles. The Balaban J connectivity index is 2.46. The molecule has 0 amide bonds. The number of nitrogens with one attached hydrogen (secondary N) is 1. The number of guanidine groups is 1. The van der Waals surface area contributed by atoms with Crippen LogP contribution in [0.4, 0.5) is 0 Å². The molecule has 0 heterocycles. The number of hydrogen-bond acceptors (Lipinski definition) is 2. The van der Waals surface area contributed by atoms with Crippen molar-refractivity contribution in [1.29, 1.82) is 0 Å². The molecule has 1 aromatic rings. The predicted octanol–water partition coefficient (Wildman–Crippen LogP) is 0.945. The second kappa shape index (κ2) is 5.75. The van der Waals surface area contributed by atoms with E-state index in [0.717, 1.165) is 5.56 Å². The number of benzene rings is 1. The molecule has 0 radical (unpaired) electrons. The molecule has 0 bridgehead atoms. The molecule has 0 aliphatic heterocycles. The summed E-state index contributed by atoms with van der Waals surface area (Å²) in [6, 6.07) is 9.77. The summed E-state index contributed by atoms with van der Waals surface area (Å²) in [7, 11) is 0. The Morgan fingerprint density at radius 2 is 2.14 bits per heavy atom. The van der Waals surface area contributed by atoms with Crippen LogP contribution in [0.3, 0.4) is 0 Å². The molecular formula is C10H14N4. The van der Waals surface area contributed by atoms with E-state index in [9.17, 15) is 0 Å². The van der Waals surface area contributed by atoms with Crippen molar-refractivity contribution in [2.45, 2.75) is 6.92 Å². The van der Waals surface area contributed by atoms with Crippen molar-refractivity contribution in [3.63, 3.8) is 0 Å². The van der Waals surface area contributed by atoms with Crippen LogP contribution in [0.2, 0.25) is 0 Å². The third-order valence-corrected chi connectivity index (χ3v) is 1.52. The zero-order valence-corrected chi connectivity index (χ0v) is 8.14. The Hall–Kier alpha value is -1.84. The van der Waals surface area contributed by atoms with Gasteiger partial charge < -0.3 is 5.73 Å². The van der Waals surface area contributed by atoms with Gasteiger partial charge in [0.05, 0.1) is 6.21 Å². The molecule has 3 N–H and O–H groups in total. The van der Waals surface area contributed by atoms with Gasteiger partial charge in [0.15, 0.2) is 0 Å². The van der Waals surface area contributed by atoms with Crippen molar-refractivity contribution < 1.29 is 0 Å². The summed E-state index contributed by atoms with van der Waals surface area (Å²) in [4.78, 5) is 3.93. The standard InChI is InChI=1S/C10H14N4/c1-2-12-10(11)14-13-8-9-6-4-3-5-7-9/h3-8H,2H2,1H3,(H3,11,12,14)/b13-8+. The maximum Gasteiger partial charge on any atom is 0.209 e. The molecule has 0 unspecified atom stereocenters. The molecule has 4 heteroatoms. The van der Waals surface area contributed by atoms with Crippen LogP contribution in [0.1, 0.15) is 12.5 Å². The van der Waals surface area contributed by atoms with Crippen molar-refractivity contribution in [2.24, 2.45) is 15.8 Å². The zero-order chi connectivity index (χ0) is 10.2. The molecule has 1 aromatic carbocycles. The largest absolute Gasteiger partial charge is 0.369 e. The van der Waals surface area contributed by atoms with Crippen LogP contribution in [0, 0.1) is 0 Å². The van der Waals surface area contributed by atoms with Gasteiger partial charge in [-0.3, -0.25) is 4.99 Å². The lowest BCUT2D eigenvalue weighted by molar-refractivity contribution is 0.981. The highest BCUT2D eigenvalue weighted by atomic mass is 15.3. The first-order chi connectivity index (χ1) is 6.83. The number of aliphatic imine (C=N–C) groups is 1. The van der Waals surface area contributed by atoms with Crippen LogP contribution >= 0.6 is 0 Å². The molecule has 1 rings (SSSR count). The number of nitrogens with zero attached hydrogens (tertiary/aromatic N) is 2. The monoisotopic (exact) mass is 190 g/mol. The second-order valence-electron chi connectivity index (χ2n) is 2.64.